The minimum atomic E-state index is 0.709. The van der Waals surface area contributed by atoms with Crippen LogP contribution < -0.4 is 5.32 Å². The summed E-state index contributed by atoms with van der Waals surface area (Å²) < 4.78 is 7.30. The largest absolute Gasteiger partial charge is 0.310 e. The van der Waals surface area contributed by atoms with Crippen molar-refractivity contribution in [3.8, 4) is 0 Å². The molecule has 20 heavy (non-hydrogen) atoms. The molecule has 0 saturated heterocycles. The molecule has 2 aromatic rings. The normalized spacial score (nSPS) is 14.9. The first-order chi connectivity index (χ1) is 9.67. The maximum Gasteiger partial charge on any atom is 0.176 e. The Labute approximate surface area is 127 Å². The van der Waals surface area contributed by atoms with Crippen molar-refractivity contribution < 1.29 is 0 Å². The molecule has 0 aliphatic heterocycles. The first-order valence-electron chi connectivity index (χ1n) is 6.93. The Bertz CT molecular complexity index is 600. The molecule has 1 aliphatic carbocycles. The van der Waals surface area contributed by atoms with Crippen LogP contribution in [0.1, 0.15) is 36.8 Å². The second-order valence-electron chi connectivity index (χ2n) is 5.08. The summed E-state index contributed by atoms with van der Waals surface area (Å²) in [5.74, 6) is 0.925. The summed E-state index contributed by atoms with van der Waals surface area (Å²) in [6, 6.07) is 0.709. The van der Waals surface area contributed by atoms with Crippen molar-refractivity contribution >= 4 is 23.3 Å². The molecule has 0 atom stereocenters. The molecular formula is C13H19N5S2. The zero-order valence-electron chi connectivity index (χ0n) is 12.0. The first-order valence-corrected chi connectivity index (χ1v) is 8.52. The van der Waals surface area contributed by atoms with Crippen molar-refractivity contribution in [2.24, 2.45) is 7.05 Å². The van der Waals surface area contributed by atoms with Crippen LogP contribution in [0.3, 0.4) is 0 Å². The molecule has 0 unspecified atom stereocenters. The maximum atomic E-state index is 4.54. The topological polar surface area (TPSA) is 55.6 Å². The summed E-state index contributed by atoms with van der Waals surface area (Å²) in [5, 5.41) is 9.29. The van der Waals surface area contributed by atoms with E-state index in [1.54, 1.807) is 11.8 Å². The lowest BCUT2D eigenvalue weighted by Crippen LogP contribution is -2.16. The van der Waals surface area contributed by atoms with E-state index in [-0.39, 0.29) is 0 Å². The van der Waals surface area contributed by atoms with E-state index in [0.717, 1.165) is 28.8 Å². The lowest BCUT2D eigenvalue weighted by atomic mass is 10.2. The lowest BCUT2D eigenvalue weighted by Gasteiger charge is -2.05. The van der Waals surface area contributed by atoms with E-state index < -0.39 is 0 Å². The molecule has 1 N–H and O–H groups in total. The van der Waals surface area contributed by atoms with Gasteiger partial charge in [0.15, 0.2) is 4.34 Å². The third-order valence-corrected chi connectivity index (χ3v) is 5.38. The highest BCUT2D eigenvalue weighted by Gasteiger charge is 2.23. The highest BCUT2D eigenvalue weighted by molar-refractivity contribution is 8.00. The quantitative estimate of drug-likeness (QED) is 0.888. The molecule has 0 bridgehead atoms. The summed E-state index contributed by atoms with van der Waals surface area (Å²) >= 11 is 3.15. The van der Waals surface area contributed by atoms with Gasteiger partial charge in [-0.1, -0.05) is 6.92 Å². The van der Waals surface area contributed by atoms with Gasteiger partial charge in [-0.2, -0.15) is 9.47 Å². The average molecular weight is 309 g/mol. The Balaban J connectivity index is 1.79. The molecular weight excluding hydrogens is 290 g/mol. The number of hydrogen-bond acceptors (Lipinski definition) is 6. The first kappa shape index (κ1) is 14.0. The molecule has 2 aromatic heterocycles. The molecule has 3 rings (SSSR count). The van der Waals surface area contributed by atoms with Gasteiger partial charge in [-0.3, -0.25) is 4.68 Å². The number of rotatable bonds is 6. The summed E-state index contributed by atoms with van der Waals surface area (Å²) in [6.07, 6.45) is 3.49. The van der Waals surface area contributed by atoms with Crippen LogP contribution in [0.5, 0.6) is 0 Å². The molecule has 1 fully saturated rings. The van der Waals surface area contributed by atoms with Gasteiger partial charge in [-0.25, -0.2) is 4.98 Å². The summed E-state index contributed by atoms with van der Waals surface area (Å²) in [6.45, 7) is 5.05. The van der Waals surface area contributed by atoms with Gasteiger partial charge in [0.2, 0.25) is 0 Å². The number of aromatic nitrogens is 4. The number of nitrogens with zero attached hydrogens (tertiary/aromatic N) is 4. The van der Waals surface area contributed by atoms with Crippen LogP contribution in [0.15, 0.2) is 9.37 Å². The molecule has 0 radical (unpaired) electrons. The van der Waals surface area contributed by atoms with Crippen molar-refractivity contribution in [3.05, 3.63) is 17.1 Å². The Morgan fingerprint density at radius 2 is 2.25 bits per heavy atom. The van der Waals surface area contributed by atoms with Gasteiger partial charge in [0.05, 0.1) is 5.69 Å². The van der Waals surface area contributed by atoms with E-state index in [9.17, 15) is 0 Å². The highest BCUT2D eigenvalue weighted by Crippen LogP contribution is 2.33. The third kappa shape index (κ3) is 3.05. The monoisotopic (exact) mass is 309 g/mol. The fraction of sp³-hybridized carbons (Fsp3) is 0.615. The van der Waals surface area contributed by atoms with Gasteiger partial charge in [-0.15, -0.1) is 0 Å². The van der Waals surface area contributed by atoms with Crippen LogP contribution in [-0.2, 0) is 20.0 Å². The summed E-state index contributed by atoms with van der Waals surface area (Å²) in [5.41, 5.74) is 2.39. The molecule has 1 aliphatic rings. The Morgan fingerprint density at radius 3 is 2.90 bits per heavy atom. The zero-order valence-corrected chi connectivity index (χ0v) is 13.6. The minimum Gasteiger partial charge on any atom is -0.310 e. The zero-order chi connectivity index (χ0) is 14.1. The minimum absolute atomic E-state index is 0.709. The van der Waals surface area contributed by atoms with Crippen LogP contribution >= 0.6 is 23.3 Å². The van der Waals surface area contributed by atoms with Crippen molar-refractivity contribution in [1.82, 2.24) is 24.5 Å². The smallest absolute Gasteiger partial charge is 0.176 e. The van der Waals surface area contributed by atoms with E-state index >= 15 is 0 Å². The SMILES string of the molecule is CCc1nsc(Sc2c(CNC3CC3)c(C)nn2C)n1. The van der Waals surface area contributed by atoms with Crippen LogP contribution in [0.2, 0.25) is 0 Å². The standard InChI is InChI=1S/C13H19N5S2/c1-4-11-15-13(20-17-11)19-12-10(7-14-9-5-6-9)8(2)16-18(12)3/h9,14H,4-7H2,1-3H3. The molecule has 1 saturated carbocycles. The van der Waals surface area contributed by atoms with Crippen LogP contribution in [0.25, 0.3) is 0 Å². The molecule has 0 amide bonds. The second kappa shape index (κ2) is 5.83. The number of nitrogens with one attached hydrogen (secondary N) is 1. The number of hydrogen-bond donors (Lipinski definition) is 1. The van der Waals surface area contributed by atoms with Crippen LogP contribution in [-0.4, -0.2) is 25.2 Å². The number of aryl methyl sites for hydroxylation is 3. The van der Waals surface area contributed by atoms with Crippen molar-refractivity contribution in [2.75, 3.05) is 0 Å². The van der Waals surface area contributed by atoms with Gasteiger partial charge in [0.1, 0.15) is 10.9 Å². The van der Waals surface area contributed by atoms with Gasteiger partial charge in [0, 0.05) is 31.6 Å². The van der Waals surface area contributed by atoms with E-state index in [4.69, 9.17) is 0 Å². The molecule has 2 heterocycles. The van der Waals surface area contributed by atoms with Gasteiger partial charge in [0.25, 0.3) is 0 Å². The maximum absolute atomic E-state index is 4.54. The van der Waals surface area contributed by atoms with Crippen molar-refractivity contribution in [3.63, 3.8) is 0 Å². The van der Waals surface area contributed by atoms with Gasteiger partial charge >= 0.3 is 0 Å². The predicted octanol–water partition coefficient (Wildman–Crippen LogP) is 2.55. The molecule has 108 valence electrons. The highest BCUT2D eigenvalue weighted by atomic mass is 32.2. The Kier molecular flexibility index (Phi) is 4.09. The van der Waals surface area contributed by atoms with E-state index in [1.165, 1.54) is 35.0 Å². The van der Waals surface area contributed by atoms with E-state index in [0.29, 0.717) is 6.04 Å². The average Bonchev–Trinajstić information content (AvgIpc) is 3.07. The second-order valence-corrected chi connectivity index (χ2v) is 7.07. The Hall–Kier alpha value is -0.920. The molecule has 5 nitrogen and oxygen atoms in total. The third-order valence-electron chi connectivity index (χ3n) is 3.38. The van der Waals surface area contributed by atoms with Crippen molar-refractivity contribution in [1.29, 1.82) is 0 Å². The fourth-order valence-electron chi connectivity index (χ4n) is 2.05. The lowest BCUT2D eigenvalue weighted by molar-refractivity contribution is 0.658. The molecule has 7 heteroatoms. The van der Waals surface area contributed by atoms with Crippen molar-refractivity contribution in [2.45, 2.75) is 55.1 Å². The molecule has 0 spiro atoms. The predicted molar refractivity (Wildman–Crippen MR) is 81.2 cm³/mol. The molecule has 0 aromatic carbocycles. The Morgan fingerprint density at radius 1 is 1.45 bits per heavy atom. The van der Waals surface area contributed by atoms with Gasteiger partial charge in [-0.05, 0) is 43.1 Å². The van der Waals surface area contributed by atoms with Gasteiger partial charge < -0.3 is 5.32 Å². The fourth-order valence-corrected chi connectivity index (χ4v) is 3.88. The van der Waals surface area contributed by atoms with E-state index in [1.807, 2.05) is 11.7 Å². The van der Waals surface area contributed by atoms with Crippen LogP contribution in [0.4, 0.5) is 0 Å². The van der Waals surface area contributed by atoms with E-state index in [2.05, 4.69) is 33.6 Å². The van der Waals surface area contributed by atoms with Crippen LogP contribution in [0, 0.1) is 6.92 Å². The summed E-state index contributed by atoms with van der Waals surface area (Å²) in [7, 11) is 2.00. The summed E-state index contributed by atoms with van der Waals surface area (Å²) in [4.78, 5) is 4.53.